The Morgan fingerprint density at radius 1 is 1.00 bits per heavy atom. The van der Waals surface area contributed by atoms with E-state index in [0.29, 0.717) is 25.4 Å². The smallest absolute Gasteiger partial charge is 0.435 e. The number of para-hydroxylation sites is 1. The van der Waals surface area contributed by atoms with E-state index in [9.17, 15) is 13.2 Å². The zero-order valence-electron chi connectivity index (χ0n) is 11.1. The van der Waals surface area contributed by atoms with Gasteiger partial charge in [-0.15, -0.1) is 10.2 Å². The van der Waals surface area contributed by atoms with Crippen molar-refractivity contribution in [2.75, 3.05) is 18.5 Å². The first-order valence-electron chi connectivity index (χ1n) is 6.38. The van der Waals surface area contributed by atoms with Crippen molar-refractivity contribution in [3.63, 3.8) is 0 Å². The van der Waals surface area contributed by atoms with Gasteiger partial charge in [0.05, 0.1) is 6.61 Å². The minimum absolute atomic E-state index is 0.308. The molecule has 1 aromatic carbocycles. The predicted molar refractivity (Wildman–Crippen MR) is 72.1 cm³/mol. The zero-order chi connectivity index (χ0) is 15.1. The lowest BCUT2D eigenvalue weighted by molar-refractivity contribution is -0.141. The number of nitrogens with one attached hydrogen (secondary N) is 1. The maximum Gasteiger partial charge on any atom is 0.435 e. The number of ether oxygens (including phenoxy) is 1. The fraction of sp³-hybridized carbons (Fsp3) is 0.286. The largest absolute Gasteiger partial charge is 0.494 e. The molecule has 0 spiro atoms. The van der Waals surface area contributed by atoms with Gasteiger partial charge in [-0.2, -0.15) is 13.2 Å². The van der Waals surface area contributed by atoms with Gasteiger partial charge >= 0.3 is 6.18 Å². The molecule has 0 bridgehead atoms. The molecule has 0 aliphatic heterocycles. The molecular weight excluding hydrogens is 283 g/mol. The number of rotatable bonds is 6. The Morgan fingerprint density at radius 2 is 1.76 bits per heavy atom. The molecule has 0 saturated heterocycles. The van der Waals surface area contributed by atoms with Crippen LogP contribution in [-0.2, 0) is 6.18 Å². The maximum absolute atomic E-state index is 12.3. The monoisotopic (exact) mass is 297 g/mol. The summed E-state index contributed by atoms with van der Waals surface area (Å²) in [4.78, 5) is 0. The van der Waals surface area contributed by atoms with Gasteiger partial charge in [-0.3, -0.25) is 0 Å². The van der Waals surface area contributed by atoms with Gasteiger partial charge in [0, 0.05) is 6.54 Å². The Morgan fingerprint density at radius 3 is 2.38 bits per heavy atom. The number of aromatic nitrogens is 2. The fourth-order valence-corrected chi connectivity index (χ4v) is 1.57. The fourth-order valence-electron chi connectivity index (χ4n) is 1.57. The zero-order valence-corrected chi connectivity index (χ0v) is 11.1. The molecule has 0 aliphatic carbocycles. The minimum Gasteiger partial charge on any atom is -0.494 e. The maximum atomic E-state index is 12.3. The third kappa shape index (κ3) is 4.94. The van der Waals surface area contributed by atoms with Crippen LogP contribution in [0.2, 0.25) is 0 Å². The summed E-state index contributed by atoms with van der Waals surface area (Å²) in [6.45, 7) is 1.04. The number of benzene rings is 1. The number of halogens is 3. The van der Waals surface area contributed by atoms with Gasteiger partial charge in [0.2, 0.25) is 0 Å². The first-order valence-corrected chi connectivity index (χ1v) is 6.38. The molecule has 0 radical (unpaired) electrons. The first-order chi connectivity index (χ1) is 10.1. The third-order valence-corrected chi connectivity index (χ3v) is 2.59. The van der Waals surface area contributed by atoms with Crippen molar-refractivity contribution in [3.8, 4) is 5.75 Å². The average molecular weight is 297 g/mol. The summed E-state index contributed by atoms with van der Waals surface area (Å²) in [5.41, 5.74) is -1.000. The average Bonchev–Trinajstić information content (AvgIpc) is 2.47. The molecule has 0 fully saturated rings. The summed E-state index contributed by atoms with van der Waals surface area (Å²) in [5.74, 6) is 1.09. The van der Waals surface area contributed by atoms with Crippen molar-refractivity contribution < 1.29 is 17.9 Å². The second-order valence-corrected chi connectivity index (χ2v) is 4.24. The van der Waals surface area contributed by atoms with E-state index in [1.54, 1.807) is 0 Å². The van der Waals surface area contributed by atoms with E-state index in [-0.39, 0.29) is 0 Å². The van der Waals surface area contributed by atoms with Gasteiger partial charge in [-0.25, -0.2) is 0 Å². The highest BCUT2D eigenvalue weighted by Gasteiger charge is 2.32. The van der Waals surface area contributed by atoms with Crippen molar-refractivity contribution in [1.82, 2.24) is 10.2 Å². The lowest BCUT2D eigenvalue weighted by Crippen LogP contribution is -2.12. The summed E-state index contributed by atoms with van der Waals surface area (Å²) in [6, 6.07) is 11.5. The van der Waals surface area contributed by atoms with E-state index in [2.05, 4.69) is 15.5 Å². The quantitative estimate of drug-likeness (QED) is 0.830. The molecule has 0 atom stereocenters. The highest BCUT2D eigenvalue weighted by Crippen LogP contribution is 2.26. The Bertz CT molecular complexity index is 544. The van der Waals surface area contributed by atoms with Crippen LogP contribution in [0.5, 0.6) is 5.75 Å². The van der Waals surface area contributed by atoms with Gasteiger partial charge in [0.25, 0.3) is 0 Å². The van der Waals surface area contributed by atoms with Gasteiger partial charge in [-0.05, 0) is 30.7 Å². The first kappa shape index (κ1) is 15.1. The number of hydrogen-bond donors (Lipinski definition) is 1. The molecule has 0 aliphatic rings. The van der Waals surface area contributed by atoms with E-state index in [0.717, 1.165) is 11.8 Å². The van der Waals surface area contributed by atoms with Crippen molar-refractivity contribution in [2.45, 2.75) is 12.6 Å². The molecule has 2 aromatic rings. The standard InChI is InChI=1S/C14H14F3N3O/c15-14(16,17)12-7-8-13(20-19-12)18-9-4-10-21-11-5-2-1-3-6-11/h1-3,5-8H,4,9-10H2,(H,18,20). The Kier molecular flexibility index (Phi) is 4.97. The number of alkyl halides is 3. The molecule has 2 rings (SSSR count). The van der Waals surface area contributed by atoms with Gasteiger partial charge in [-0.1, -0.05) is 18.2 Å². The highest BCUT2D eigenvalue weighted by atomic mass is 19.4. The van der Waals surface area contributed by atoms with Gasteiger partial charge in [0.15, 0.2) is 5.69 Å². The molecule has 0 saturated carbocycles. The summed E-state index contributed by atoms with van der Waals surface area (Å²) in [7, 11) is 0. The van der Waals surface area contributed by atoms with Gasteiger partial charge < -0.3 is 10.1 Å². The summed E-state index contributed by atoms with van der Waals surface area (Å²) < 4.78 is 42.4. The molecular formula is C14H14F3N3O. The lowest BCUT2D eigenvalue weighted by Gasteiger charge is -2.08. The van der Waals surface area contributed by atoms with Crippen LogP contribution in [0.15, 0.2) is 42.5 Å². The summed E-state index contributed by atoms with van der Waals surface area (Å²) in [6.07, 6.45) is -3.77. The van der Waals surface area contributed by atoms with Crippen molar-refractivity contribution in [3.05, 3.63) is 48.2 Å². The molecule has 4 nitrogen and oxygen atoms in total. The summed E-state index contributed by atoms with van der Waals surface area (Å²) in [5, 5.41) is 9.50. The second kappa shape index (κ2) is 6.92. The van der Waals surface area contributed by atoms with Crippen LogP contribution in [-0.4, -0.2) is 23.3 Å². The second-order valence-electron chi connectivity index (χ2n) is 4.24. The van der Waals surface area contributed by atoms with Crippen LogP contribution in [0.25, 0.3) is 0 Å². The molecule has 0 unspecified atom stereocenters. The SMILES string of the molecule is FC(F)(F)c1ccc(NCCCOc2ccccc2)nn1. The molecule has 7 heteroatoms. The van der Waals surface area contributed by atoms with E-state index in [1.165, 1.54) is 6.07 Å². The van der Waals surface area contributed by atoms with E-state index >= 15 is 0 Å². The Hall–Kier alpha value is -2.31. The van der Waals surface area contributed by atoms with Crippen LogP contribution >= 0.6 is 0 Å². The summed E-state index contributed by atoms with van der Waals surface area (Å²) >= 11 is 0. The van der Waals surface area contributed by atoms with Gasteiger partial charge in [0.1, 0.15) is 11.6 Å². The van der Waals surface area contributed by atoms with Crippen LogP contribution in [0.4, 0.5) is 19.0 Å². The molecule has 0 amide bonds. The normalized spacial score (nSPS) is 11.2. The van der Waals surface area contributed by atoms with E-state index < -0.39 is 11.9 Å². The van der Waals surface area contributed by atoms with Crippen LogP contribution < -0.4 is 10.1 Å². The predicted octanol–water partition coefficient (Wildman–Crippen LogP) is 3.38. The number of hydrogen-bond acceptors (Lipinski definition) is 4. The van der Waals surface area contributed by atoms with Crippen molar-refractivity contribution >= 4 is 5.82 Å². The van der Waals surface area contributed by atoms with E-state index in [1.807, 2.05) is 30.3 Å². The molecule has 1 aromatic heterocycles. The topological polar surface area (TPSA) is 47.0 Å². The lowest BCUT2D eigenvalue weighted by atomic mass is 10.3. The van der Waals surface area contributed by atoms with Crippen LogP contribution in [0.3, 0.4) is 0 Å². The molecule has 1 heterocycles. The van der Waals surface area contributed by atoms with Crippen molar-refractivity contribution in [2.24, 2.45) is 0 Å². The molecule has 21 heavy (non-hydrogen) atoms. The van der Waals surface area contributed by atoms with Crippen LogP contribution in [0, 0.1) is 0 Å². The molecule has 112 valence electrons. The minimum atomic E-state index is -4.46. The Labute approximate surface area is 120 Å². The molecule has 1 N–H and O–H groups in total. The highest BCUT2D eigenvalue weighted by molar-refractivity contribution is 5.33. The van der Waals surface area contributed by atoms with Crippen molar-refractivity contribution in [1.29, 1.82) is 0 Å². The Balaban J connectivity index is 1.69. The number of anilines is 1. The third-order valence-electron chi connectivity index (χ3n) is 2.59. The number of nitrogens with zero attached hydrogens (tertiary/aromatic N) is 2. The van der Waals surface area contributed by atoms with Crippen LogP contribution in [0.1, 0.15) is 12.1 Å². The van der Waals surface area contributed by atoms with E-state index in [4.69, 9.17) is 4.74 Å².